The number of fused-ring (bicyclic) bond motifs is 1. The standard InChI is InChI=1S/C17H21NO4/c1-12(2)11-22-17(20)4-3-9-21-14-6-7-15-13(10-14)5-8-16(19)18-15/h6-7,10H,1,3-5,8-9,11H2,2H3,(H,18,19). The van der Waals surface area contributed by atoms with Crippen LogP contribution in [-0.2, 0) is 20.7 Å². The van der Waals surface area contributed by atoms with Crippen LogP contribution in [0.4, 0.5) is 5.69 Å². The molecule has 1 N–H and O–H groups in total. The fourth-order valence-electron chi connectivity index (χ4n) is 2.13. The molecule has 1 amide bonds. The minimum Gasteiger partial charge on any atom is -0.494 e. The predicted octanol–water partition coefficient (Wildman–Crippen LogP) is 2.85. The van der Waals surface area contributed by atoms with Crippen LogP contribution in [0.25, 0.3) is 0 Å². The number of benzene rings is 1. The van der Waals surface area contributed by atoms with Crippen molar-refractivity contribution in [2.45, 2.75) is 32.6 Å². The summed E-state index contributed by atoms with van der Waals surface area (Å²) in [4.78, 5) is 22.7. The summed E-state index contributed by atoms with van der Waals surface area (Å²) in [5, 5.41) is 2.83. The first-order chi connectivity index (χ1) is 10.5. The van der Waals surface area contributed by atoms with Crippen LogP contribution < -0.4 is 10.1 Å². The molecule has 0 saturated carbocycles. The highest BCUT2D eigenvalue weighted by molar-refractivity contribution is 5.93. The first-order valence-electron chi connectivity index (χ1n) is 7.40. The van der Waals surface area contributed by atoms with Gasteiger partial charge in [-0.05, 0) is 49.1 Å². The predicted molar refractivity (Wildman–Crippen MR) is 83.9 cm³/mol. The number of esters is 1. The number of carbonyl (C=O) groups is 2. The zero-order valence-electron chi connectivity index (χ0n) is 12.8. The molecule has 0 aromatic heterocycles. The van der Waals surface area contributed by atoms with Gasteiger partial charge in [-0.2, -0.15) is 0 Å². The van der Waals surface area contributed by atoms with E-state index in [0.29, 0.717) is 25.9 Å². The summed E-state index contributed by atoms with van der Waals surface area (Å²) in [6, 6.07) is 5.61. The molecule has 2 rings (SSSR count). The molecule has 0 aliphatic carbocycles. The summed E-state index contributed by atoms with van der Waals surface area (Å²) in [6.45, 7) is 6.22. The lowest BCUT2D eigenvalue weighted by Gasteiger charge is -2.17. The Hall–Kier alpha value is -2.30. The van der Waals surface area contributed by atoms with Crippen LogP contribution in [0.5, 0.6) is 5.75 Å². The van der Waals surface area contributed by atoms with Crippen LogP contribution in [0.15, 0.2) is 30.4 Å². The van der Waals surface area contributed by atoms with E-state index in [9.17, 15) is 9.59 Å². The summed E-state index contributed by atoms with van der Waals surface area (Å²) < 4.78 is 10.6. The van der Waals surface area contributed by atoms with Gasteiger partial charge in [-0.25, -0.2) is 0 Å². The number of ether oxygens (including phenoxy) is 2. The van der Waals surface area contributed by atoms with E-state index in [0.717, 1.165) is 29.0 Å². The Morgan fingerprint density at radius 2 is 2.18 bits per heavy atom. The second-order valence-corrected chi connectivity index (χ2v) is 5.44. The molecule has 0 unspecified atom stereocenters. The van der Waals surface area contributed by atoms with Crippen LogP contribution in [-0.4, -0.2) is 25.1 Å². The second kappa shape index (κ2) is 7.64. The molecule has 0 spiro atoms. The summed E-state index contributed by atoms with van der Waals surface area (Å²) in [7, 11) is 0. The lowest BCUT2D eigenvalue weighted by molar-refractivity contribution is -0.142. The van der Waals surface area contributed by atoms with Gasteiger partial charge >= 0.3 is 5.97 Å². The number of hydrogen-bond donors (Lipinski definition) is 1. The molecule has 1 aromatic carbocycles. The number of aryl methyl sites for hydroxylation is 1. The highest BCUT2D eigenvalue weighted by atomic mass is 16.5. The van der Waals surface area contributed by atoms with E-state index in [-0.39, 0.29) is 18.5 Å². The van der Waals surface area contributed by atoms with Gasteiger partial charge in [-0.1, -0.05) is 6.58 Å². The van der Waals surface area contributed by atoms with Gasteiger partial charge in [0.2, 0.25) is 5.91 Å². The molecule has 1 aliphatic rings. The molecule has 0 bridgehead atoms. The third kappa shape index (κ3) is 4.91. The number of hydrogen-bond acceptors (Lipinski definition) is 4. The Morgan fingerprint density at radius 3 is 2.95 bits per heavy atom. The zero-order chi connectivity index (χ0) is 15.9. The van der Waals surface area contributed by atoms with Crippen molar-refractivity contribution in [3.8, 4) is 5.75 Å². The number of carbonyl (C=O) groups excluding carboxylic acids is 2. The van der Waals surface area contributed by atoms with Crippen LogP contribution >= 0.6 is 0 Å². The molecule has 22 heavy (non-hydrogen) atoms. The SMILES string of the molecule is C=C(C)COC(=O)CCCOc1ccc2c(c1)CCC(=O)N2. The Bertz CT molecular complexity index is 580. The van der Waals surface area contributed by atoms with Gasteiger partial charge in [0.1, 0.15) is 12.4 Å². The summed E-state index contributed by atoms with van der Waals surface area (Å²) in [6.07, 6.45) is 2.16. The van der Waals surface area contributed by atoms with Crippen LogP contribution in [0, 0.1) is 0 Å². The van der Waals surface area contributed by atoms with Crippen LogP contribution in [0.2, 0.25) is 0 Å². The van der Waals surface area contributed by atoms with Crippen molar-refractivity contribution in [3.63, 3.8) is 0 Å². The highest BCUT2D eigenvalue weighted by Gasteiger charge is 2.15. The van der Waals surface area contributed by atoms with E-state index < -0.39 is 0 Å². The van der Waals surface area contributed by atoms with Crippen LogP contribution in [0.1, 0.15) is 31.7 Å². The molecule has 0 saturated heterocycles. The van der Waals surface area contributed by atoms with Crippen molar-refractivity contribution < 1.29 is 19.1 Å². The molecule has 5 nitrogen and oxygen atoms in total. The van der Waals surface area contributed by atoms with Gasteiger partial charge in [-0.15, -0.1) is 0 Å². The Labute approximate surface area is 130 Å². The van der Waals surface area contributed by atoms with Gasteiger partial charge < -0.3 is 14.8 Å². The third-order valence-corrected chi connectivity index (χ3v) is 3.25. The Morgan fingerprint density at radius 1 is 1.36 bits per heavy atom. The van der Waals surface area contributed by atoms with E-state index in [2.05, 4.69) is 11.9 Å². The quantitative estimate of drug-likeness (QED) is 0.478. The van der Waals surface area contributed by atoms with Crippen molar-refractivity contribution >= 4 is 17.6 Å². The largest absolute Gasteiger partial charge is 0.494 e. The first-order valence-corrected chi connectivity index (χ1v) is 7.40. The highest BCUT2D eigenvalue weighted by Crippen LogP contribution is 2.26. The van der Waals surface area contributed by atoms with E-state index in [4.69, 9.17) is 9.47 Å². The fourth-order valence-corrected chi connectivity index (χ4v) is 2.13. The summed E-state index contributed by atoms with van der Waals surface area (Å²) in [5.41, 5.74) is 2.76. The van der Waals surface area contributed by atoms with Gasteiger partial charge in [0, 0.05) is 18.5 Å². The van der Waals surface area contributed by atoms with E-state index >= 15 is 0 Å². The zero-order valence-corrected chi connectivity index (χ0v) is 12.8. The molecular weight excluding hydrogens is 282 g/mol. The van der Waals surface area contributed by atoms with Gasteiger partial charge in [0.15, 0.2) is 0 Å². The average molecular weight is 303 g/mol. The minimum atomic E-state index is -0.236. The lowest BCUT2D eigenvalue weighted by Crippen LogP contribution is -2.18. The molecule has 1 aliphatic heterocycles. The molecule has 0 fully saturated rings. The maximum atomic E-state index is 11.4. The molecule has 0 radical (unpaired) electrons. The van der Waals surface area contributed by atoms with Crippen molar-refractivity contribution in [3.05, 3.63) is 35.9 Å². The smallest absolute Gasteiger partial charge is 0.306 e. The van der Waals surface area contributed by atoms with Gasteiger partial charge in [0.25, 0.3) is 0 Å². The monoisotopic (exact) mass is 303 g/mol. The first kappa shape index (κ1) is 16.1. The average Bonchev–Trinajstić information content (AvgIpc) is 2.49. The second-order valence-electron chi connectivity index (χ2n) is 5.44. The number of anilines is 1. The van der Waals surface area contributed by atoms with Gasteiger partial charge in [-0.3, -0.25) is 9.59 Å². The van der Waals surface area contributed by atoms with Gasteiger partial charge in [0.05, 0.1) is 6.61 Å². The minimum absolute atomic E-state index is 0.0504. The van der Waals surface area contributed by atoms with E-state index in [1.807, 2.05) is 25.1 Å². The molecule has 1 aromatic rings. The van der Waals surface area contributed by atoms with Crippen LogP contribution in [0.3, 0.4) is 0 Å². The van der Waals surface area contributed by atoms with Crippen molar-refractivity contribution in [1.82, 2.24) is 0 Å². The lowest BCUT2D eigenvalue weighted by atomic mass is 10.0. The normalized spacial score (nSPS) is 13.0. The Kier molecular flexibility index (Phi) is 5.58. The molecule has 5 heteroatoms. The molecular formula is C17H21NO4. The topological polar surface area (TPSA) is 64.6 Å². The van der Waals surface area contributed by atoms with Crippen molar-refractivity contribution in [1.29, 1.82) is 0 Å². The number of rotatable bonds is 7. The molecule has 118 valence electrons. The van der Waals surface area contributed by atoms with E-state index in [1.165, 1.54) is 0 Å². The summed E-state index contributed by atoms with van der Waals surface area (Å²) in [5.74, 6) is 0.569. The molecule has 0 atom stereocenters. The maximum absolute atomic E-state index is 11.4. The number of amides is 1. The maximum Gasteiger partial charge on any atom is 0.306 e. The Balaban J connectivity index is 1.72. The van der Waals surface area contributed by atoms with E-state index in [1.54, 1.807) is 0 Å². The van der Waals surface area contributed by atoms with Crippen molar-refractivity contribution in [2.24, 2.45) is 0 Å². The fraction of sp³-hybridized carbons (Fsp3) is 0.412. The summed E-state index contributed by atoms with van der Waals surface area (Å²) >= 11 is 0. The molecule has 1 heterocycles. The number of nitrogens with one attached hydrogen (secondary N) is 1. The van der Waals surface area contributed by atoms with Crippen molar-refractivity contribution in [2.75, 3.05) is 18.5 Å². The third-order valence-electron chi connectivity index (χ3n) is 3.25.